The maximum Gasteiger partial charge on any atom is 0.274 e. The number of hydrogen-bond acceptors (Lipinski definition) is 4. The van der Waals surface area contributed by atoms with Crippen LogP contribution in [0.5, 0.6) is 0 Å². The fourth-order valence-electron chi connectivity index (χ4n) is 2.91. The van der Waals surface area contributed by atoms with Crippen molar-refractivity contribution >= 4 is 23.2 Å². The van der Waals surface area contributed by atoms with E-state index < -0.39 is 5.56 Å². The first-order valence-corrected chi connectivity index (χ1v) is 9.21. The molecule has 0 atom stereocenters. The van der Waals surface area contributed by atoms with Crippen molar-refractivity contribution in [1.29, 1.82) is 5.26 Å². The van der Waals surface area contributed by atoms with Gasteiger partial charge in [0.25, 0.3) is 11.5 Å². The number of aromatic nitrogens is 1. The Hall–Kier alpha value is -3.04. The van der Waals surface area contributed by atoms with Gasteiger partial charge in [-0.2, -0.15) is 5.26 Å². The van der Waals surface area contributed by atoms with E-state index in [-0.39, 0.29) is 11.5 Å². The molecule has 0 N–H and O–H groups in total. The number of carbonyl (C=O) groups is 1. The second-order valence-corrected chi connectivity index (χ2v) is 6.62. The van der Waals surface area contributed by atoms with E-state index in [1.54, 1.807) is 42.6 Å². The van der Waals surface area contributed by atoms with Gasteiger partial charge in [-0.25, -0.2) is 0 Å². The monoisotopic (exact) mass is 363 g/mol. The molecule has 0 saturated carbocycles. The molecule has 1 amide bonds. The van der Waals surface area contributed by atoms with E-state index in [9.17, 15) is 14.9 Å². The van der Waals surface area contributed by atoms with Crippen LogP contribution in [-0.2, 0) is 6.54 Å². The van der Waals surface area contributed by atoms with Crippen molar-refractivity contribution in [1.82, 2.24) is 9.30 Å². The molecular weight excluding hydrogens is 346 g/mol. The molecule has 1 aromatic carbocycles. The summed E-state index contributed by atoms with van der Waals surface area (Å²) < 4.78 is 1.36. The molecule has 0 fully saturated rings. The first-order valence-electron chi connectivity index (χ1n) is 7.99. The maximum atomic E-state index is 13.2. The zero-order chi connectivity index (χ0) is 18.7. The lowest BCUT2D eigenvalue weighted by molar-refractivity contribution is 0.0783. The van der Waals surface area contributed by atoms with Crippen LogP contribution in [0.2, 0.25) is 0 Å². The summed E-state index contributed by atoms with van der Waals surface area (Å²) in [4.78, 5) is 27.8. The number of nitrogens with zero attached hydrogens (tertiary/aromatic N) is 3. The summed E-state index contributed by atoms with van der Waals surface area (Å²) in [5.74, 6) is -0.224. The second kappa shape index (κ2) is 7.46. The Bertz CT molecular complexity index is 1070. The average molecular weight is 363 g/mol. The van der Waals surface area contributed by atoms with Gasteiger partial charge in [0.15, 0.2) is 0 Å². The van der Waals surface area contributed by atoms with Crippen molar-refractivity contribution in [3.8, 4) is 6.07 Å². The summed E-state index contributed by atoms with van der Waals surface area (Å²) in [5.41, 5.74) is 1.48. The van der Waals surface area contributed by atoms with Crippen LogP contribution in [0.15, 0.2) is 64.4 Å². The number of carbonyl (C=O) groups excluding carboxylic acids is 1. The van der Waals surface area contributed by atoms with Gasteiger partial charge in [0.05, 0.1) is 11.1 Å². The lowest BCUT2D eigenvalue weighted by atomic mass is 10.1. The number of fused-ring (bicyclic) bond motifs is 1. The maximum absolute atomic E-state index is 13.2. The average Bonchev–Trinajstić information content (AvgIpc) is 2.68. The molecule has 6 heteroatoms. The normalized spacial score (nSPS) is 10.5. The minimum Gasteiger partial charge on any atom is -0.337 e. The van der Waals surface area contributed by atoms with Gasteiger partial charge in [-0.3, -0.25) is 14.0 Å². The van der Waals surface area contributed by atoms with E-state index in [0.717, 1.165) is 5.56 Å². The minimum absolute atomic E-state index is 0.00217. The summed E-state index contributed by atoms with van der Waals surface area (Å²) >= 11 is 1.24. The van der Waals surface area contributed by atoms with Gasteiger partial charge in [0.1, 0.15) is 11.6 Å². The molecule has 5 nitrogen and oxygen atoms in total. The van der Waals surface area contributed by atoms with E-state index in [4.69, 9.17) is 0 Å². The van der Waals surface area contributed by atoms with Gasteiger partial charge in [0, 0.05) is 24.7 Å². The number of thioether (sulfide) groups is 1. The summed E-state index contributed by atoms with van der Waals surface area (Å²) in [6.45, 7) is 0.438. The van der Waals surface area contributed by atoms with Crippen molar-refractivity contribution in [2.24, 2.45) is 0 Å². The largest absolute Gasteiger partial charge is 0.337 e. The van der Waals surface area contributed by atoms with Crippen LogP contribution < -0.4 is 5.56 Å². The number of benzene rings is 1. The number of rotatable bonds is 4. The van der Waals surface area contributed by atoms with Crippen LogP contribution >= 0.6 is 11.8 Å². The molecule has 0 saturated heterocycles. The molecule has 26 heavy (non-hydrogen) atoms. The zero-order valence-corrected chi connectivity index (χ0v) is 15.3. The molecule has 3 rings (SSSR count). The highest BCUT2D eigenvalue weighted by Crippen LogP contribution is 2.27. The van der Waals surface area contributed by atoms with Crippen molar-refractivity contribution in [3.05, 3.63) is 81.8 Å². The Labute approximate surface area is 155 Å². The Balaban J connectivity index is 2.17. The van der Waals surface area contributed by atoms with Gasteiger partial charge in [-0.05, 0) is 24.0 Å². The zero-order valence-electron chi connectivity index (χ0n) is 14.5. The Morgan fingerprint density at radius 3 is 2.54 bits per heavy atom. The molecule has 0 unspecified atom stereocenters. The minimum atomic E-state index is -0.408. The van der Waals surface area contributed by atoms with E-state index in [0.29, 0.717) is 22.5 Å². The number of pyridine rings is 2. The van der Waals surface area contributed by atoms with E-state index in [1.165, 1.54) is 16.2 Å². The summed E-state index contributed by atoms with van der Waals surface area (Å²) in [6.07, 6.45) is 3.35. The molecular formula is C20H17N3O2S. The molecule has 0 aliphatic heterocycles. The lowest BCUT2D eigenvalue weighted by Gasteiger charge is -2.20. The lowest BCUT2D eigenvalue weighted by Crippen LogP contribution is -2.30. The molecule has 0 radical (unpaired) electrons. The fraction of sp³-hybridized carbons (Fsp3) is 0.150. The van der Waals surface area contributed by atoms with Crippen molar-refractivity contribution in [2.75, 3.05) is 13.3 Å². The van der Waals surface area contributed by atoms with Crippen LogP contribution in [0.1, 0.15) is 21.5 Å². The smallest absolute Gasteiger partial charge is 0.274 e. The summed E-state index contributed by atoms with van der Waals surface area (Å²) in [7, 11) is 1.72. The van der Waals surface area contributed by atoms with Gasteiger partial charge in [-0.1, -0.05) is 36.4 Å². The first kappa shape index (κ1) is 17.8. The summed E-state index contributed by atoms with van der Waals surface area (Å²) in [6, 6.07) is 16.8. The molecule has 0 bridgehead atoms. The van der Waals surface area contributed by atoms with Crippen LogP contribution in [-0.4, -0.2) is 28.5 Å². The van der Waals surface area contributed by atoms with Gasteiger partial charge in [0.2, 0.25) is 0 Å². The van der Waals surface area contributed by atoms with Crippen LogP contribution in [0, 0.1) is 11.3 Å². The highest BCUT2D eigenvalue weighted by atomic mass is 32.2. The predicted molar refractivity (Wildman–Crippen MR) is 102 cm³/mol. The van der Waals surface area contributed by atoms with E-state index in [1.807, 2.05) is 36.4 Å². The molecule has 0 spiro atoms. The van der Waals surface area contributed by atoms with Crippen molar-refractivity contribution < 1.29 is 4.79 Å². The summed E-state index contributed by atoms with van der Waals surface area (Å²) in [5, 5.41) is 9.47. The highest BCUT2D eigenvalue weighted by Gasteiger charge is 2.24. The van der Waals surface area contributed by atoms with Crippen LogP contribution in [0.3, 0.4) is 0 Å². The third kappa shape index (κ3) is 3.09. The number of hydrogen-bond donors (Lipinski definition) is 0. The Kier molecular flexibility index (Phi) is 5.10. The quantitative estimate of drug-likeness (QED) is 0.668. The molecule has 130 valence electrons. The number of amides is 1. The van der Waals surface area contributed by atoms with E-state index >= 15 is 0 Å². The molecule has 2 aromatic heterocycles. The molecule has 2 heterocycles. The van der Waals surface area contributed by atoms with Crippen LogP contribution in [0.25, 0.3) is 5.52 Å². The van der Waals surface area contributed by atoms with Gasteiger partial charge < -0.3 is 4.90 Å². The van der Waals surface area contributed by atoms with Crippen LogP contribution in [0.4, 0.5) is 0 Å². The Morgan fingerprint density at radius 1 is 1.19 bits per heavy atom. The highest BCUT2D eigenvalue weighted by molar-refractivity contribution is 7.98. The van der Waals surface area contributed by atoms with Gasteiger partial charge in [-0.15, -0.1) is 11.8 Å². The van der Waals surface area contributed by atoms with E-state index in [2.05, 4.69) is 0 Å². The number of nitriles is 1. The van der Waals surface area contributed by atoms with Crippen molar-refractivity contribution in [2.45, 2.75) is 11.4 Å². The third-order valence-electron chi connectivity index (χ3n) is 4.14. The molecule has 0 aliphatic rings. The fourth-order valence-corrected chi connectivity index (χ4v) is 3.65. The van der Waals surface area contributed by atoms with Gasteiger partial charge >= 0.3 is 0 Å². The first-order chi connectivity index (χ1) is 12.6. The predicted octanol–water partition coefficient (Wildman–Crippen LogP) is 3.17. The van der Waals surface area contributed by atoms with Crippen molar-refractivity contribution in [3.63, 3.8) is 0 Å². The molecule has 3 aromatic rings. The topological polar surface area (TPSA) is 65.6 Å². The second-order valence-electron chi connectivity index (χ2n) is 5.80. The standard InChI is InChI=1S/C20H17N3O2S/c1-22(13-14-8-4-3-5-9-14)20(25)17-16-10-6-7-11-23(16)19(24)15(12-21)18(17)26-2/h3-11H,13H2,1-2H3. The molecule has 0 aliphatic carbocycles. The Morgan fingerprint density at radius 2 is 1.88 bits per heavy atom. The third-order valence-corrected chi connectivity index (χ3v) is 4.96. The SMILES string of the molecule is CSc1c(C#N)c(=O)n2ccccc2c1C(=O)N(C)Cc1ccccc1.